The monoisotopic (exact) mass is 387 g/mol. The van der Waals surface area contributed by atoms with Gasteiger partial charge in [0.1, 0.15) is 5.82 Å². The molecule has 0 saturated carbocycles. The summed E-state index contributed by atoms with van der Waals surface area (Å²) in [5, 5.41) is 12.7. The van der Waals surface area contributed by atoms with E-state index in [2.05, 4.69) is 26.3 Å². The van der Waals surface area contributed by atoms with Crippen LogP contribution < -0.4 is 10.8 Å². The van der Waals surface area contributed by atoms with E-state index >= 15 is 0 Å². The van der Waals surface area contributed by atoms with Gasteiger partial charge in [0.25, 0.3) is 5.91 Å². The number of anilines is 1. The normalized spacial score (nSPS) is 17.3. The Kier molecular flexibility index (Phi) is 6.75. The number of amides is 1. The van der Waals surface area contributed by atoms with Crippen LogP contribution in [-0.2, 0) is 11.2 Å². The third-order valence-corrected chi connectivity index (χ3v) is 4.84. The van der Waals surface area contributed by atoms with Crippen molar-refractivity contribution in [1.29, 1.82) is 0 Å². The van der Waals surface area contributed by atoms with Crippen LogP contribution in [0.25, 0.3) is 6.08 Å². The Morgan fingerprint density at radius 2 is 2.19 bits per heavy atom. The molecule has 2 aromatic rings. The molecule has 0 spiro atoms. The van der Waals surface area contributed by atoms with Crippen LogP contribution in [0.5, 0.6) is 0 Å². The van der Waals surface area contributed by atoms with E-state index in [1.807, 2.05) is 18.2 Å². The van der Waals surface area contributed by atoms with Gasteiger partial charge in [-0.05, 0) is 30.5 Å². The second-order valence-electron chi connectivity index (χ2n) is 6.41. The number of benzene rings is 1. The maximum absolute atomic E-state index is 11.0. The summed E-state index contributed by atoms with van der Waals surface area (Å²) in [5.41, 5.74) is 3.24. The average Bonchev–Trinajstić information content (AvgIpc) is 3.14. The average molecular weight is 388 g/mol. The first-order valence-corrected chi connectivity index (χ1v) is 9.18. The SMILES string of the molecule is O=C(/C=C/c1cnc(N[C@@H]2CCN(CCc3ccccc3Cl)C2)cn1)NO. The maximum Gasteiger partial charge on any atom is 0.267 e. The van der Waals surface area contributed by atoms with Crippen molar-refractivity contribution in [3.8, 4) is 0 Å². The molecule has 3 rings (SSSR count). The summed E-state index contributed by atoms with van der Waals surface area (Å²) in [6.07, 6.45) is 7.87. The van der Waals surface area contributed by atoms with Gasteiger partial charge >= 0.3 is 0 Å². The number of likely N-dealkylation sites (tertiary alicyclic amines) is 1. The topological polar surface area (TPSA) is 90.4 Å². The standard InChI is InChI=1S/C19H22ClN5O2/c20-17-4-2-1-3-14(17)7-9-25-10-8-16(13-25)23-18-12-21-15(11-22-18)5-6-19(26)24-27/h1-6,11-12,16,27H,7-10,13H2,(H,22,23)(H,24,26)/b6-5+/t16-/m1/s1. The highest BCUT2D eigenvalue weighted by Crippen LogP contribution is 2.18. The van der Waals surface area contributed by atoms with Crippen molar-refractivity contribution in [3.05, 3.63) is 59.0 Å². The van der Waals surface area contributed by atoms with Gasteiger partial charge in [-0.1, -0.05) is 29.8 Å². The van der Waals surface area contributed by atoms with Gasteiger partial charge in [0, 0.05) is 36.8 Å². The van der Waals surface area contributed by atoms with Gasteiger partial charge in [0.15, 0.2) is 0 Å². The number of hydroxylamine groups is 1. The van der Waals surface area contributed by atoms with Crippen LogP contribution in [0.1, 0.15) is 17.7 Å². The summed E-state index contributed by atoms with van der Waals surface area (Å²) in [7, 11) is 0. The predicted molar refractivity (Wildman–Crippen MR) is 105 cm³/mol. The third-order valence-electron chi connectivity index (χ3n) is 4.47. The zero-order chi connectivity index (χ0) is 19.1. The first-order valence-electron chi connectivity index (χ1n) is 8.80. The molecule has 27 heavy (non-hydrogen) atoms. The fourth-order valence-electron chi connectivity index (χ4n) is 3.04. The van der Waals surface area contributed by atoms with E-state index in [9.17, 15) is 4.79 Å². The predicted octanol–water partition coefficient (Wildman–Crippen LogP) is 2.38. The lowest BCUT2D eigenvalue weighted by Gasteiger charge is -2.17. The van der Waals surface area contributed by atoms with E-state index in [0.717, 1.165) is 37.5 Å². The van der Waals surface area contributed by atoms with Crippen molar-refractivity contribution in [3.63, 3.8) is 0 Å². The lowest BCUT2D eigenvalue weighted by atomic mass is 10.1. The smallest absolute Gasteiger partial charge is 0.267 e. The molecule has 7 nitrogen and oxygen atoms in total. The van der Waals surface area contributed by atoms with Gasteiger partial charge in [-0.25, -0.2) is 10.5 Å². The van der Waals surface area contributed by atoms with Crippen LogP contribution in [-0.4, -0.2) is 51.7 Å². The summed E-state index contributed by atoms with van der Waals surface area (Å²) in [4.78, 5) is 21.9. The lowest BCUT2D eigenvalue weighted by molar-refractivity contribution is -0.124. The van der Waals surface area contributed by atoms with Crippen LogP contribution in [0.2, 0.25) is 5.02 Å². The van der Waals surface area contributed by atoms with Crippen LogP contribution in [0, 0.1) is 0 Å². The molecule has 1 aliphatic heterocycles. The largest absolute Gasteiger partial charge is 0.365 e. The summed E-state index contributed by atoms with van der Waals surface area (Å²) < 4.78 is 0. The molecular weight excluding hydrogens is 366 g/mol. The summed E-state index contributed by atoms with van der Waals surface area (Å²) >= 11 is 6.22. The van der Waals surface area contributed by atoms with E-state index in [1.165, 1.54) is 23.2 Å². The van der Waals surface area contributed by atoms with Crippen molar-refractivity contribution in [2.75, 3.05) is 25.0 Å². The highest BCUT2D eigenvalue weighted by Gasteiger charge is 2.22. The van der Waals surface area contributed by atoms with Crippen molar-refractivity contribution in [1.82, 2.24) is 20.3 Å². The number of nitrogens with one attached hydrogen (secondary N) is 2. The molecule has 1 aliphatic rings. The molecule has 2 heterocycles. The number of halogens is 1. The summed E-state index contributed by atoms with van der Waals surface area (Å²) in [6.45, 7) is 2.96. The fourth-order valence-corrected chi connectivity index (χ4v) is 3.27. The van der Waals surface area contributed by atoms with E-state index in [1.54, 1.807) is 12.4 Å². The zero-order valence-electron chi connectivity index (χ0n) is 14.8. The molecule has 1 amide bonds. The highest BCUT2D eigenvalue weighted by atomic mass is 35.5. The highest BCUT2D eigenvalue weighted by molar-refractivity contribution is 6.31. The molecule has 1 aromatic carbocycles. The lowest BCUT2D eigenvalue weighted by Crippen LogP contribution is -2.28. The number of carbonyl (C=O) groups is 1. The Bertz CT molecular complexity index is 797. The van der Waals surface area contributed by atoms with E-state index in [4.69, 9.17) is 16.8 Å². The Morgan fingerprint density at radius 3 is 2.93 bits per heavy atom. The van der Waals surface area contributed by atoms with Gasteiger partial charge in [-0.15, -0.1) is 0 Å². The molecule has 8 heteroatoms. The van der Waals surface area contributed by atoms with Crippen LogP contribution in [0.15, 0.2) is 42.7 Å². The van der Waals surface area contributed by atoms with Gasteiger partial charge in [-0.2, -0.15) is 0 Å². The molecule has 0 radical (unpaired) electrons. The van der Waals surface area contributed by atoms with Crippen LogP contribution in [0.3, 0.4) is 0 Å². The summed E-state index contributed by atoms with van der Waals surface area (Å²) in [6, 6.07) is 8.30. The maximum atomic E-state index is 11.0. The molecule has 0 aliphatic carbocycles. The van der Waals surface area contributed by atoms with Gasteiger partial charge in [0.2, 0.25) is 0 Å². The number of hydrogen-bond donors (Lipinski definition) is 3. The van der Waals surface area contributed by atoms with E-state index in [0.29, 0.717) is 17.6 Å². The molecule has 3 N–H and O–H groups in total. The molecule has 1 saturated heterocycles. The Balaban J connectivity index is 1.46. The molecule has 142 valence electrons. The number of nitrogens with zero attached hydrogens (tertiary/aromatic N) is 3. The van der Waals surface area contributed by atoms with Crippen LogP contribution in [0.4, 0.5) is 5.82 Å². The van der Waals surface area contributed by atoms with Crippen LogP contribution >= 0.6 is 11.6 Å². The van der Waals surface area contributed by atoms with Crippen molar-refractivity contribution in [2.45, 2.75) is 18.9 Å². The van der Waals surface area contributed by atoms with E-state index in [-0.39, 0.29) is 0 Å². The molecule has 0 unspecified atom stereocenters. The quantitative estimate of drug-likeness (QED) is 0.384. The second-order valence-corrected chi connectivity index (χ2v) is 6.82. The summed E-state index contributed by atoms with van der Waals surface area (Å²) in [5.74, 6) is 0.0959. The molecule has 0 bridgehead atoms. The third kappa shape index (κ3) is 5.75. The minimum atomic E-state index is -0.609. The van der Waals surface area contributed by atoms with Gasteiger partial charge in [-0.3, -0.25) is 15.0 Å². The molecule has 1 atom stereocenters. The van der Waals surface area contributed by atoms with Crippen molar-refractivity contribution in [2.24, 2.45) is 0 Å². The Morgan fingerprint density at radius 1 is 1.33 bits per heavy atom. The molecular formula is C19H22ClN5O2. The van der Waals surface area contributed by atoms with Crippen molar-refractivity contribution >= 4 is 29.4 Å². The molecule has 1 fully saturated rings. The molecule has 1 aromatic heterocycles. The number of rotatable bonds is 7. The second kappa shape index (κ2) is 9.45. The minimum Gasteiger partial charge on any atom is -0.365 e. The Hall–Kier alpha value is -2.48. The fraction of sp³-hybridized carbons (Fsp3) is 0.316. The van der Waals surface area contributed by atoms with Gasteiger partial charge < -0.3 is 10.2 Å². The first-order chi connectivity index (χ1) is 13.1. The minimum absolute atomic E-state index is 0.326. The number of hydrogen-bond acceptors (Lipinski definition) is 6. The first kappa shape index (κ1) is 19.3. The van der Waals surface area contributed by atoms with E-state index < -0.39 is 5.91 Å². The zero-order valence-corrected chi connectivity index (χ0v) is 15.6. The number of carbonyl (C=O) groups excluding carboxylic acids is 1. The number of aromatic nitrogens is 2. The Labute approximate surface area is 163 Å². The van der Waals surface area contributed by atoms with Gasteiger partial charge in [0.05, 0.1) is 18.1 Å². The van der Waals surface area contributed by atoms with Crippen molar-refractivity contribution < 1.29 is 10.0 Å².